The zero-order valence-electron chi connectivity index (χ0n) is 12.4. The van der Waals surface area contributed by atoms with Crippen molar-refractivity contribution in [2.24, 2.45) is 10.8 Å². The van der Waals surface area contributed by atoms with Crippen LogP contribution in [0.3, 0.4) is 0 Å². The van der Waals surface area contributed by atoms with Crippen molar-refractivity contribution in [2.45, 2.75) is 6.54 Å². The van der Waals surface area contributed by atoms with Gasteiger partial charge in [-0.15, -0.1) is 0 Å². The minimum absolute atomic E-state index is 0.336. The summed E-state index contributed by atoms with van der Waals surface area (Å²) in [6.07, 6.45) is 0. The first kappa shape index (κ1) is 15.2. The van der Waals surface area contributed by atoms with Gasteiger partial charge in [-0.1, -0.05) is 6.07 Å². The number of benzene rings is 2. The Balaban J connectivity index is 2.12. The van der Waals surface area contributed by atoms with Gasteiger partial charge in [-0.3, -0.25) is 0 Å². The SMILES string of the molecule is C=NN1/C(=C(\N)c2ccc(F)cc2)CNCc2ccc(F)cc21. The van der Waals surface area contributed by atoms with E-state index in [4.69, 9.17) is 5.73 Å². The first-order chi connectivity index (χ1) is 11.1. The van der Waals surface area contributed by atoms with Crippen LogP contribution in [0.15, 0.2) is 53.3 Å². The van der Waals surface area contributed by atoms with Crippen LogP contribution in [0.4, 0.5) is 14.5 Å². The maximum atomic E-state index is 13.6. The number of nitrogens with one attached hydrogen (secondary N) is 1. The molecule has 0 spiro atoms. The minimum Gasteiger partial charge on any atom is -0.397 e. The summed E-state index contributed by atoms with van der Waals surface area (Å²) in [6.45, 7) is 4.56. The normalized spacial score (nSPS) is 16.5. The molecule has 0 bridgehead atoms. The highest BCUT2D eigenvalue weighted by Gasteiger charge is 2.22. The van der Waals surface area contributed by atoms with Crippen LogP contribution in [0.1, 0.15) is 11.1 Å². The van der Waals surface area contributed by atoms with Gasteiger partial charge in [-0.2, -0.15) is 5.10 Å². The largest absolute Gasteiger partial charge is 0.397 e. The number of anilines is 1. The zero-order chi connectivity index (χ0) is 16.4. The topological polar surface area (TPSA) is 53.6 Å². The maximum Gasteiger partial charge on any atom is 0.125 e. The first-order valence-corrected chi connectivity index (χ1v) is 7.10. The summed E-state index contributed by atoms with van der Waals surface area (Å²) in [4.78, 5) is 0. The summed E-state index contributed by atoms with van der Waals surface area (Å²) in [5.74, 6) is -0.698. The Labute approximate surface area is 132 Å². The molecule has 0 fully saturated rings. The molecule has 0 saturated heterocycles. The lowest BCUT2D eigenvalue weighted by Gasteiger charge is -2.23. The Morgan fingerprint density at radius 1 is 1.09 bits per heavy atom. The fourth-order valence-electron chi connectivity index (χ4n) is 2.59. The van der Waals surface area contributed by atoms with E-state index in [2.05, 4.69) is 17.1 Å². The molecule has 4 nitrogen and oxygen atoms in total. The second-order valence-corrected chi connectivity index (χ2v) is 5.20. The highest BCUT2D eigenvalue weighted by molar-refractivity contribution is 5.73. The van der Waals surface area contributed by atoms with Crippen LogP contribution in [0.5, 0.6) is 0 Å². The third-order valence-corrected chi connectivity index (χ3v) is 3.75. The smallest absolute Gasteiger partial charge is 0.125 e. The molecule has 1 aliphatic rings. The number of hydrazone groups is 1. The van der Waals surface area contributed by atoms with E-state index in [1.165, 1.54) is 29.3 Å². The third-order valence-electron chi connectivity index (χ3n) is 3.75. The molecule has 3 rings (SSSR count). The number of fused-ring (bicyclic) bond motifs is 1. The summed E-state index contributed by atoms with van der Waals surface area (Å²) >= 11 is 0. The van der Waals surface area contributed by atoms with E-state index in [0.717, 1.165) is 5.56 Å². The first-order valence-electron chi connectivity index (χ1n) is 7.10. The van der Waals surface area contributed by atoms with Crippen LogP contribution < -0.4 is 16.1 Å². The Bertz CT molecular complexity index is 769. The van der Waals surface area contributed by atoms with Crippen LogP contribution >= 0.6 is 0 Å². The molecule has 1 heterocycles. The molecule has 0 atom stereocenters. The Hall–Kier alpha value is -2.73. The van der Waals surface area contributed by atoms with Crippen molar-refractivity contribution in [3.05, 3.63) is 70.9 Å². The number of hydrogen-bond acceptors (Lipinski definition) is 4. The number of hydrogen-bond donors (Lipinski definition) is 2. The average Bonchev–Trinajstić information content (AvgIpc) is 2.73. The lowest BCUT2D eigenvalue weighted by Crippen LogP contribution is -2.25. The predicted octanol–water partition coefficient (Wildman–Crippen LogP) is 2.82. The number of nitrogens with two attached hydrogens (primary N) is 1. The standard InChI is InChI=1S/C17H16F2N4/c1-21-23-15-8-14(19)7-4-12(15)9-22-10-16(23)17(20)11-2-5-13(18)6-3-11/h2-8,22H,1,9-10,20H2/b17-16-. The molecule has 2 aromatic rings. The summed E-state index contributed by atoms with van der Waals surface area (Å²) in [5, 5.41) is 8.76. The van der Waals surface area contributed by atoms with E-state index in [1.54, 1.807) is 18.2 Å². The van der Waals surface area contributed by atoms with Crippen molar-refractivity contribution in [2.75, 3.05) is 11.6 Å². The van der Waals surface area contributed by atoms with Gasteiger partial charge in [-0.05, 0) is 47.5 Å². The predicted molar refractivity (Wildman–Crippen MR) is 87.6 cm³/mol. The summed E-state index contributed by atoms with van der Waals surface area (Å²) in [7, 11) is 0. The lowest BCUT2D eigenvalue weighted by atomic mass is 10.1. The number of halogens is 2. The average molecular weight is 314 g/mol. The molecule has 0 aliphatic carbocycles. The molecule has 23 heavy (non-hydrogen) atoms. The van der Waals surface area contributed by atoms with Gasteiger partial charge >= 0.3 is 0 Å². The van der Waals surface area contributed by atoms with Crippen LogP contribution in [-0.2, 0) is 6.54 Å². The van der Waals surface area contributed by atoms with Crippen molar-refractivity contribution < 1.29 is 8.78 Å². The second kappa shape index (κ2) is 6.18. The van der Waals surface area contributed by atoms with Gasteiger partial charge < -0.3 is 11.1 Å². The molecule has 0 amide bonds. The molecule has 0 saturated carbocycles. The quantitative estimate of drug-likeness (QED) is 0.838. The molecule has 2 aromatic carbocycles. The Morgan fingerprint density at radius 2 is 1.78 bits per heavy atom. The van der Waals surface area contributed by atoms with Gasteiger partial charge in [0.1, 0.15) is 11.6 Å². The lowest BCUT2D eigenvalue weighted by molar-refractivity contribution is 0.626. The monoisotopic (exact) mass is 314 g/mol. The van der Waals surface area contributed by atoms with Crippen LogP contribution in [-0.4, -0.2) is 13.3 Å². The number of nitrogens with zero attached hydrogens (tertiary/aromatic N) is 2. The highest BCUT2D eigenvalue weighted by atomic mass is 19.1. The van der Waals surface area contributed by atoms with Gasteiger partial charge in [0.25, 0.3) is 0 Å². The Morgan fingerprint density at radius 3 is 2.48 bits per heavy atom. The molecular weight excluding hydrogens is 298 g/mol. The molecular formula is C17H16F2N4. The Kier molecular flexibility index (Phi) is 4.08. The maximum absolute atomic E-state index is 13.6. The van der Waals surface area contributed by atoms with Gasteiger partial charge in [0.2, 0.25) is 0 Å². The van der Waals surface area contributed by atoms with Crippen LogP contribution in [0, 0.1) is 11.6 Å². The van der Waals surface area contributed by atoms with Crippen molar-refractivity contribution in [1.29, 1.82) is 0 Å². The van der Waals surface area contributed by atoms with Crippen molar-refractivity contribution in [3.8, 4) is 0 Å². The molecule has 1 aliphatic heterocycles. The number of rotatable bonds is 2. The zero-order valence-corrected chi connectivity index (χ0v) is 12.4. The minimum atomic E-state index is -0.362. The van der Waals surface area contributed by atoms with Gasteiger partial charge in [-0.25, -0.2) is 13.8 Å². The van der Waals surface area contributed by atoms with Gasteiger partial charge in [0.05, 0.1) is 17.1 Å². The van der Waals surface area contributed by atoms with Crippen molar-refractivity contribution in [3.63, 3.8) is 0 Å². The molecule has 118 valence electrons. The highest BCUT2D eigenvalue weighted by Crippen LogP contribution is 2.30. The molecule has 0 aromatic heterocycles. The van der Waals surface area contributed by atoms with Crippen molar-refractivity contribution in [1.82, 2.24) is 5.32 Å². The molecule has 3 N–H and O–H groups in total. The van der Waals surface area contributed by atoms with E-state index in [9.17, 15) is 8.78 Å². The van der Waals surface area contributed by atoms with Crippen molar-refractivity contribution >= 4 is 18.1 Å². The van der Waals surface area contributed by atoms with E-state index < -0.39 is 0 Å². The summed E-state index contributed by atoms with van der Waals surface area (Å²) < 4.78 is 26.7. The van der Waals surface area contributed by atoms with E-state index in [0.29, 0.717) is 35.7 Å². The van der Waals surface area contributed by atoms with E-state index >= 15 is 0 Å². The fraction of sp³-hybridized carbons (Fsp3) is 0.118. The molecule has 0 radical (unpaired) electrons. The van der Waals surface area contributed by atoms with Gasteiger partial charge in [0, 0.05) is 19.8 Å². The van der Waals surface area contributed by atoms with E-state index in [-0.39, 0.29) is 11.6 Å². The van der Waals surface area contributed by atoms with E-state index in [1.807, 2.05) is 0 Å². The third kappa shape index (κ3) is 2.93. The summed E-state index contributed by atoms with van der Waals surface area (Å²) in [6, 6.07) is 10.4. The second-order valence-electron chi connectivity index (χ2n) is 5.20. The summed E-state index contributed by atoms with van der Waals surface area (Å²) in [5.41, 5.74) is 9.45. The fourth-order valence-corrected chi connectivity index (χ4v) is 2.59. The molecule has 6 heteroatoms. The van der Waals surface area contributed by atoms with Gasteiger partial charge in [0.15, 0.2) is 0 Å². The van der Waals surface area contributed by atoms with Crippen LogP contribution in [0.2, 0.25) is 0 Å². The molecule has 0 unspecified atom stereocenters. The van der Waals surface area contributed by atoms with Crippen LogP contribution in [0.25, 0.3) is 5.70 Å².